The van der Waals surface area contributed by atoms with Gasteiger partial charge in [-0.2, -0.15) is 0 Å². The van der Waals surface area contributed by atoms with Gasteiger partial charge in [-0.05, 0) is 19.9 Å². The van der Waals surface area contributed by atoms with Crippen molar-refractivity contribution in [1.29, 1.82) is 0 Å². The average Bonchev–Trinajstić information content (AvgIpc) is 2.85. The summed E-state index contributed by atoms with van der Waals surface area (Å²) in [5.74, 6) is 0.973. The molecule has 1 aromatic heterocycles. The third-order valence-electron chi connectivity index (χ3n) is 2.94. The zero-order valence-electron chi connectivity index (χ0n) is 9.36. The Morgan fingerprint density at radius 2 is 2.13 bits per heavy atom. The summed E-state index contributed by atoms with van der Waals surface area (Å²) in [5.41, 5.74) is 0. The number of hydrogen-bond donors (Lipinski definition) is 1. The summed E-state index contributed by atoms with van der Waals surface area (Å²) in [4.78, 5) is 0. The number of rotatable bonds is 4. The van der Waals surface area contributed by atoms with E-state index in [1.807, 2.05) is 7.05 Å². The van der Waals surface area contributed by atoms with Crippen molar-refractivity contribution in [3.63, 3.8) is 0 Å². The Morgan fingerprint density at radius 1 is 1.40 bits per heavy atom. The van der Waals surface area contributed by atoms with Crippen LogP contribution in [0.2, 0.25) is 0 Å². The molecule has 1 heterocycles. The Kier molecular flexibility index (Phi) is 3.20. The van der Waals surface area contributed by atoms with E-state index in [-0.39, 0.29) is 0 Å². The Labute approximate surface area is 89.8 Å². The first kappa shape index (κ1) is 10.4. The van der Waals surface area contributed by atoms with Gasteiger partial charge in [-0.25, -0.2) is 0 Å². The molecule has 0 radical (unpaired) electrons. The minimum atomic E-state index is 0.526. The molecule has 1 fully saturated rings. The topological polar surface area (TPSA) is 52.0 Å². The maximum Gasteiger partial charge on any atom is 0.316 e. The van der Waals surface area contributed by atoms with Crippen LogP contribution in [0.5, 0.6) is 6.01 Å². The number of hydrogen-bond acceptors (Lipinski definition) is 4. The van der Waals surface area contributed by atoms with Gasteiger partial charge in [0.25, 0.3) is 0 Å². The number of ether oxygens (including phenoxy) is 1. The van der Waals surface area contributed by atoms with Gasteiger partial charge < -0.3 is 10.1 Å². The summed E-state index contributed by atoms with van der Waals surface area (Å²) in [6.45, 7) is 0.743. The lowest BCUT2D eigenvalue weighted by Gasteiger charge is -2.15. The summed E-state index contributed by atoms with van der Waals surface area (Å²) in [7, 11) is 3.57. The fourth-order valence-electron chi connectivity index (χ4n) is 2.25. The standard InChI is InChI=1S/C10H18N4O/c1-11-7-9-12-13-10(15-2)14(9)8-5-3-4-6-8/h8,11H,3-7H2,1-2H3. The molecule has 84 valence electrons. The van der Waals surface area contributed by atoms with Crippen molar-refractivity contribution in [2.24, 2.45) is 0 Å². The van der Waals surface area contributed by atoms with Crippen molar-refractivity contribution in [1.82, 2.24) is 20.1 Å². The van der Waals surface area contributed by atoms with E-state index in [1.165, 1.54) is 25.7 Å². The van der Waals surface area contributed by atoms with Crippen molar-refractivity contribution in [2.45, 2.75) is 38.3 Å². The van der Waals surface area contributed by atoms with Gasteiger partial charge in [0, 0.05) is 6.04 Å². The van der Waals surface area contributed by atoms with Crippen LogP contribution in [-0.4, -0.2) is 28.9 Å². The number of aromatic nitrogens is 3. The van der Waals surface area contributed by atoms with E-state index in [1.54, 1.807) is 7.11 Å². The van der Waals surface area contributed by atoms with Gasteiger partial charge in [0.05, 0.1) is 13.7 Å². The molecule has 1 aromatic rings. The normalized spacial score (nSPS) is 17.2. The molecule has 1 aliphatic rings. The molecule has 1 saturated carbocycles. The van der Waals surface area contributed by atoms with Crippen LogP contribution in [0.3, 0.4) is 0 Å². The molecule has 0 amide bonds. The van der Waals surface area contributed by atoms with E-state index < -0.39 is 0 Å². The van der Waals surface area contributed by atoms with Crippen LogP contribution in [0.15, 0.2) is 0 Å². The Balaban J connectivity index is 2.27. The Hall–Kier alpha value is -1.10. The highest BCUT2D eigenvalue weighted by Gasteiger charge is 2.23. The SMILES string of the molecule is CNCc1nnc(OC)n1C1CCCC1. The number of nitrogens with one attached hydrogen (secondary N) is 1. The van der Waals surface area contributed by atoms with Gasteiger partial charge >= 0.3 is 6.01 Å². The number of nitrogens with zero attached hydrogens (tertiary/aromatic N) is 3. The highest BCUT2D eigenvalue weighted by Crippen LogP contribution is 2.33. The minimum Gasteiger partial charge on any atom is -0.467 e. The lowest BCUT2D eigenvalue weighted by atomic mass is 10.2. The van der Waals surface area contributed by atoms with Gasteiger partial charge in [0.1, 0.15) is 5.82 Å². The van der Waals surface area contributed by atoms with Crippen molar-refractivity contribution >= 4 is 0 Å². The average molecular weight is 210 g/mol. The molecule has 1 N–H and O–H groups in total. The van der Waals surface area contributed by atoms with E-state index in [2.05, 4.69) is 20.1 Å². The zero-order valence-corrected chi connectivity index (χ0v) is 9.36. The predicted octanol–water partition coefficient (Wildman–Crippen LogP) is 1.12. The van der Waals surface area contributed by atoms with E-state index in [9.17, 15) is 0 Å². The van der Waals surface area contributed by atoms with Crippen molar-refractivity contribution < 1.29 is 4.74 Å². The van der Waals surface area contributed by atoms with Crippen LogP contribution >= 0.6 is 0 Å². The first-order valence-electron chi connectivity index (χ1n) is 5.49. The first-order chi connectivity index (χ1) is 7.36. The summed E-state index contributed by atoms with van der Waals surface area (Å²) < 4.78 is 7.39. The highest BCUT2D eigenvalue weighted by atomic mass is 16.5. The fourth-order valence-corrected chi connectivity index (χ4v) is 2.25. The van der Waals surface area contributed by atoms with Crippen LogP contribution in [0.1, 0.15) is 37.5 Å². The van der Waals surface area contributed by atoms with E-state index in [0.717, 1.165) is 12.4 Å². The zero-order chi connectivity index (χ0) is 10.7. The summed E-state index contributed by atoms with van der Waals surface area (Å²) in [6, 6.07) is 1.17. The molecular weight excluding hydrogens is 192 g/mol. The molecule has 15 heavy (non-hydrogen) atoms. The van der Waals surface area contributed by atoms with E-state index in [4.69, 9.17) is 4.74 Å². The molecule has 0 aliphatic heterocycles. The second-order valence-electron chi connectivity index (χ2n) is 3.94. The summed E-state index contributed by atoms with van der Waals surface area (Å²) in [5, 5.41) is 11.3. The van der Waals surface area contributed by atoms with Crippen LogP contribution < -0.4 is 10.1 Å². The first-order valence-corrected chi connectivity index (χ1v) is 5.49. The van der Waals surface area contributed by atoms with Crippen LogP contribution in [0.25, 0.3) is 0 Å². The Bertz CT molecular complexity index is 317. The molecule has 2 rings (SSSR count). The van der Waals surface area contributed by atoms with Gasteiger partial charge in [-0.3, -0.25) is 4.57 Å². The quantitative estimate of drug-likeness (QED) is 0.809. The maximum absolute atomic E-state index is 5.25. The van der Waals surface area contributed by atoms with Gasteiger partial charge in [0.15, 0.2) is 0 Å². The molecule has 1 aliphatic carbocycles. The predicted molar refractivity (Wildman–Crippen MR) is 56.8 cm³/mol. The molecule has 0 aromatic carbocycles. The Morgan fingerprint density at radius 3 is 2.73 bits per heavy atom. The second kappa shape index (κ2) is 4.61. The monoisotopic (exact) mass is 210 g/mol. The van der Waals surface area contributed by atoms with Crippen LogP contribution in [0.4, 0.5) is 0 Å². The highest BCUT2D eigenvalue weighted by molar-refractivity contribution is 5.04. The van der Waals surface area contributed by atoms with Gasteiger partial charge in [-0.15, -0.1) is 5.10 Å². The smallest absolute Gasteiger partial charge is 0.316 e. The number of methoxy groups -OCH3 is 1. The summed E-state index contributed by atoms with van der Waals surface area (Å²) in [6.07, 6.45) is 5.02. The fraction of sp³-hybridized carbons (Fsp3) is 0.800. The third kappa shape index (κ3) is 1.97. The van der Waals surface area contributed by atoms with Crippen molar-refractivity contribution in [3.8, 4) is 6.01 Å². The van der Waals surface area contributed by atoms with E-state index in [0.29, 0.717) is 12.1 Å². The molecule has 0 bridgehead atoms. The molecule has 0 spiro atoms. The molecule has 0 atom stereocenters. The molecule has 0 saturated heterocycles. The minimum absolute atomic E-state index is 0.526. The van der Waals surface area contributed by atoms with Crippen molar-refractivity contribution in [2.75, 3.05) is 14.2 Å². The lowest BCUT2D eigenvalue weighted by Crippen LogP contribution is -2.16. The van der Waals surface area contributed by atoms with Gasteiger partial charge in [0.2, 0.25) is 0 Å². The van der Waals surface area contributed by atoms with Crippen molar-refractivity contribution in [3.05, 3.63) is 5.82 Å². The second-order valence-corrected chi connectivity index (χ2v) is 3.94. The molecule has 5 heteroatoms. The maximum atomic E-state index is 5.25. The molecule has 5 nitrogen and oxygen atoms in total. The van der Waals surface area contributed by atoms with Crippen LogP contribution in [0, 0.1) is 0 Å². The van der Waals surface area contributed by atoms with Gasteiger partial charge in [-0.1, -0.05) is 17.9 Å². The van der Waals surface area contributed by atoms with E-state index >= 15 is 0 Å². The van der Waals surface area contributed by atoms with Crippen LogP contribution in [-0.2, 0) is 6.54 Å². The third-order valence-corrected chi connectivity index (χ3v) is 2.94. The summed E-state index contributed by atoms with van der Waals surface area (Å²) >= 11 is 0. The molecular formula is C10H18N4O. The lowest BCUT2D eigenvalue weighted by molar-refractivity contribution is 0.331. The molecule has 0 unspecified atom stereocenters. The largest absolute Gasteiger partial charge is 0.467 e.